The van der Waals surface area contributed by atoms with Gasteiger partial charge in [-0.15, -0.1) is 24.0 Å². The number of hydrogen-bond donors (Lipinski definition) is 1. The number of piperidine rings is 1. The molecular formula is C20H42IN5O. The van der Waals surface area contributed by atoms with Crippen LogP contribution < -0.4 is 5.32 Å². The molecule has 160 valence electrons. The van der Waals surface area contributed by atoms with Gasteiger partial charge in [-0.1, -0.05) is 6.92 Å². The normalized spacial score (nSPS) is 22.7. The lowest BCUT2D eigenvalue weighted by Gasteiger charge is -2.32. The van der Waals surface area contributed by atoms with Crippen molar-refractivity contribution in [3.63, 3.8) is 0 Å². The van der Waals surface area contributed by atoms with Gasteiger partial charge in [0, 0.05) is 46.4 Å². The van der Waals surface area contributed by atoms with Crippen LogP contribution in [0.2, 0.25) is 0 Å². The zero-order valence-electron chi connectivity index (χ0n) is 18.0. The van der Waals surface area contributed by atoms with Gasteiger partial charge in [0.05, 0.1) is 6.61 Å². The first-order chi connectivity index (χ1) is 12.7. The average Bonchev–Trinajstić information content (AvgIpc) is 3.11. The summed E-state index contributed by atoms with van der Waals surface area (Å²) >= 11 is 0. The lowest BCUT2D eigenvalue weighted by molar-refractivity contribution is 0.121. The summed E-state index contributed by atoms with van der Waals surface area (Å²) in [6.45, 7) is 14.1. The Bertz CT molecular complexity index is 415. The summed E-state index contributed by atoms with van der Waals surface area (Å²) in [5.41, 5.74) is 0. The van der Waals surface area contributed by atoms with Crippen LogP contribution in [0, 0.1) is 5.92 Å². The summed E-state index contributed by atoms with van der Waals surface area (Å²) in [6.07, 6.45) is 5.16. The minimum atomic E-state index is 0. The van der Waals surface area contributed by atoms with Gasteiger partial charge in [-0.25, -0.2) is 0 Å². The van der Waals surface area contributed by atoms with E-state index >= 15 is 0 Å². The van der Waals surface area contributed by atoms with Crippen LogP contribution in [-0.4, -0.2) is 99.8 Å². The van der Waals surface area contributed by atoms with Crippen LogP contribution in [0.25, 0.3) is 0 Å². The zero-order valence-corrected chi connectivity index (χ0v) is 20.3. The van der Waals surface area contributed by atoms with E-state index in [9.17, 15) is 0 Å². The summed E-state index contributed by atoms with van der Waals surface area (Å²) < 4.78 is 5.19. The molecule has 6 nitrogen and oxygen atoms in total. The van der Waals surface area contributed by atoms with E-state index in [2.05, 4.69) is 40.9 Å². The summed E-state index contributed by atoms with van der Waals surface area (Å²) in [6, 6.07) is 0.679. The molecule has 0 aliphatic carbocycles. The molecule has 0 amide bonds. The van der Waals surface area contributed by atoms with Gasteiger partial charge in [-0.3, -0.25) is 9.89 Å². The van der Waals surface area contributed by atoms with Gasteiger partial charge < -0.3 is 19.9 Å². The van der Waals surface area contributed by atoms with Crippen molar-refractivity contribution in [3.05, 3.63) is 0 Å². The topological polar surface area (TPSA) is 43.3 Å². The van der Waals surface area contributed by atoms with E-state index < -0.39 is 0 Å². The Morgan fingerprint density at radius 2 is 1.93 bits per heavy atom. The third kappa shape index (κ3) is 8.41. The molecule has 0 radical (unpaired) electrons. The molecule has 0 aromatic rings. The van der Waals surface area contributed by atoms with Crippen molar-refractivity contribution >= 4 is 29.9 Å². The molecule has 0 aromatic carbocycles. The van der Waals surface area contributed by atoms with Gasteiger partial charge in [0.2, 0.25) is 0 Å². The molecule has 0 aromatic heterocycles. The number of ether oxygens (including phenoxy) is 1. The van der Waals surface area contributed by atoms with Gasteiger partial charge in [-0.2, -0.15) is 0 Å². The Labute approximate surface area is 184 Å². The highest BCUT2D eigenvalue weighted by molar-refractivity contribution is 14.0. The summed E-state index contributed by atoms with van der Waals surface area (Å²) in [5, 5.41) is 3.50. The van der Waals surface area contributed by atoms with E-state index in [0.717, 1.165) is 51.2 Å². The van der Waals surface area contributed by atoms with Crippen LogP contribution in [0.1, 0.15) is 39.5 Å². The second-order valence-corrected chi connectivity index (χ2v) is 7.78. The lowest BCUT2D eigenvalue weighted by atomic mass is 9.97. The second kappa shape index (κ2) is 14.0. The highest BCUT2D eigenvalue weighted by Gasteiger charge is 2.25. The molecule has 2 fully saturated rings. The Balaban J connectivity index is 0.00000364. The molecular weight excluding hydrogens is 453 g/mol. The van der Waals surface area contributed by atoms with Crippen LogP contribution in [0.3, 0.4) is 0 Å². The monoisotopic (exact) mass is 495 g/mol. The number of halogens is 1. The number of hydrogen-bond acceptors (Lipinski definition) is 4. The van der Waals surface area contributed by atoms with Gasteiger partial charge >= 0.3 is 0 Å². The Hall–Kier alpha value is -0.120. The smallest absolute Gasteiger partial charge is 0.193 e. The van der Waals surface area contributed by atoms with E-state index in [-0.39, 0.29) is 24.0 Å². The average molecular weight is 495 g/mol. The van der Waals surface area contributed by atoms with Crippen LogP contribution in [0.4, 0.5) is 0 Å². The SMILES string of the molecule is CCNC(=NCC1CCN(CCOC)CC1)N(C)CC1CCCN1CC.I. The number of guanidine groups is 1. The number of nitrogens with one attached hydrogen (secondary N) is 1. The summed E-state index contributed by atoms with van der Waals surface area (Å²) in [4.78, 5) is 12.5. The molecule has 7 heteroatoms. The van der Waals surface area contributed by atoms with E-state index in [1.54, 1.807) is 7.11 Å². The molecule has 0 bridgehead atoms. The summed E-state index contributed by atoms with van der Waals surface area (Å²) in [7, 11) is 3.98. The minimum Gasteiger partial charge on any atom is -0.383 e. The van der Waals surface area contributed by atoms with Crippen LogP contribution >= 0.6 is 24.0 Å². The molecule has 2 aliphatic rings. The largest absolute Gasteiger partial charge is 0.383 e. The van der Waals surface area contributed by atoms with E-state index in [1.165, 1.54) is 45.3 Å². The standard InChI is InChI=1S/C20H41N5O.HI/c1-5-21-20(23(3)17-19-8-7-11-25(19)6-2)22-16-18-9-12-24(13-10-18)14-15-26-4;/h18-19H,5-17H2,1-4H3,(H,21,22);1H. The maximum atomic E-state index is 5.19. The van der Waals surface area contributed by atoms with Crippen molar-refractivity contribution in [1.29, 1.82) is 0 Å². The molecule has 1 atom stereocenters. The van der Waals surface area contributed by atoms with Crippen molar-refractivity contribution in [2.24, 2.45) is 10.9 Å². The van der Waals surface area contributed by atoms with Gasteiger partial charge in [0.25, 0.3) is 0 Å². The fourth-order valence-corrected chi connectivity index (χ4v) is 4.22. The number of likely N-dealkylation sites (tertiary alicyclic amines) is 2. The zero-order chi connectivity index (χ0) is 18.8. The highest BCUT2D eigenvalue weighted by atomic mass is 127. The molecule has 2 rings (SSSR count). The molecule has 1 unspecified atom stereocenters. The predicted octanol–water partition coefficient (Wildman–Crippen LogP) is 2.34. The minimum absolute atomic E-state index is 0. The van der Waals surface area contributed by atoms with E-state index in [4.69, 9.17) is 9.73 Å². The van der Waals surface area contributed by atoms with Crippen LogP contribution in [0.5, 0.6) is 0 Å². The molecule has 27 heavy (non-hydrogen) atoms. The first-order valence-electron chi connectivity index (χ1n) is 10.6. The quantitative estimate of drug-likeness (QED) is 0.302. The van der Waals surface area contributed by atoms with Crippen LogP contribution in [-0.2, 0) is 4.74 Å². The third-order valence-electron chi connectivity index (χ3n) is 5.90. The molecule has 2 saturated heterocycles. The van der Waals surface area contributed by atoms with Crippen molar-refractivity contribution in [2.75, 3.05) is 73.1 Å². The van der Waals surface area contributed by atoms with E-state index in [0.29, 0.717) is 6.04 Å². The van der Waals surface area contributed by atoms with Crippen molar-refractivity contribution in [1.82, 2.24) is 20.0 Å². The first-order valence-corrected chi connectivity index (χ1v) is 10.6. The van der Waals surface area contributed by atoms with Gasteiger partial charge in [-0.05, 0) is 64.7 Å². The maximum Gasteiger partial charge on any atom is 0.193 e. The van der Waals surface area contributed by atoms with Crippen molar-refractivity contribution < 1.29 is 4.74 Å². The molecule has 0 saturated carbocycles. The second-order valence-electron chi connectivity index (χ2n) is 7.78. The third-order valence-corrected chi connectivity index (χ3v) is 5.90. The van der Waals surface area contributed by atoms with Gasteiger partial charge in [0.1, 0.15) is 0 Å². The number of nitrogens with zero attached hydrogens (tertiary/aromatic N) is 4. The molecule has 1 N–H and O–H groups in total. The maximum absolute atomic E-state index is 5.19. The predicted molar refractivity (Wildman–Crippen MR) is 125 cm³/mol. The van der Waals surface area contributed by atoms with E-state index in [1.807, 2.05) is 0 Å². The number of methoxy groups -OCH3 is 1. The Kier molecular flexibility index (Phi) is 12.9. The van der Waals surface area contributed by atoms with Gasteiger partial charge in [0.15, 0.2) is 5.96 Å². The Morgan fingerprint density at radius 1 is 1.19 bits per heavy atom. The Morgan fingerprint density at radius 3 is 2.56 bits per heavy atom. The van der Waals surface area contributed by atoms with Crippen molar-refractivity contribution in [2.45, 2.75) is 45.6 Å². The fraction of sp³-hybridized carbons (Fsp3) is 0.950. The molecule has 2 heterocycles. The number of likely N-dealkylation sites (N-methyl/N-ethyl adjacent to an activating group) is 2. The lowest BCUT2D eigenvalue weighted by Crippen LogP contribution is -2.46. The number of rotatable bonds is 9. The molecule has 2 aliphatic heterocycles. The summed E-state index contributed by atoms with van der Waals surface area (Å²) in [5.74, 6) is 1.80. The number of aliphatic imine (C=N–C) groups is 1. The van der Waals surface area contributed by atoms with Crippen LogP contribution in [0.15, 0.2) is 4.99 Å². The molecule has 0 spiro atoms. The van der Waals surface area contributed by atoms with Crippen molar-refractivity contribution in [3.8, 4) is 0 Å². The first kappa shape index (κ1) is 24.9. The fourth-order valence-electron chi connectivity index (χ4n) is 4.22. The highest BCUT2D eigenvalue weighted by Crippen LogP contribution is 2.19.